The first kappa shape index (κ1) is 19.5. The van der Waals surface area contributed by atoms with Crippen molar-refractivity contribution < 1.29 is 22.4 Å². The number of sulfonamides is 1. The number of amides is 2. The molecule has 3 heterocycles. The first-order chi connectivity index (χ1) is 14.0. The molecule has 1 aromatic heterocycles. The highest BCUT2D eigenvalue weighted by atomic mass is 32.2. The minimum absolute atomic E-state index is 0.122. The summed E-state index contributed by atoms with van der Waals surface area (Å²) in [5.41, 5.74) is 1.10. The minimum Gasteiger partial charge on any atom is -0.459 e. The fourth-order valence-corrected chi connectivity index (χ4v) is 5.34. The van der Waals surface area contributed by atoms with Crippen molar-refractivity contribution in [1.29, 1.82) is 0 Å². The van der Waals surface area contributed by atoms with Crippen LogP contribution in [0.25, 0.3) is 0 Å². The zero-order valence-electron chi connectivity index (χ0n) is 16.0. The summed E-state index contributed by atoms with van der Waals surface area (Å²) in [6, 6.07) is 10.0. The Balaban J connectivity index is 1.38. The van der Waals surface area contributed by atoms with Crippen LogP contribution in [0.5, 0.6) is 0 Å². The van der Waals surface area contributed by atoms with Crippen LogP contribution < -0.4 is 4.31 Å². The minimum atomic E-state index is -3.27. The van der Waals surface area contributed by atoms with Crippen LogP contribution in [0, 0.1) is 0 Å². The molecule has 0 N–H and O–H groups in total. The van der Waals surface area contributed by atoms with Gasteiger partial charge in [-0.3, -0.25) is 13.9 Å². The first-order valence-electron chi connectivity index (χ1n) is 9.68. The summed E-state index contributed by atoms with van der Waals surface area (Å²) in [5.74, 6) is 0.166. The van der Waals surface area contributed by atoms with E-state index in [1.807, 2.05) is 0 Å². The van der Waals surface area contributed by atoms with E-state index in [2.05, 4.69) is 0 Å². The number of hydrogen-bond acceptors (Lipinski definition) is 5. The predicted octanol–water partition coefficient (Wildman–Crippen LogP) is 1.81. The third kappa shape index (κ3) is 4.00. The van der Waals surface area contributed by atoms with E-state index in [1.54, 1.807) is 46.2 Å². The van der Waals surface area contributed by atoms with Crippen molar-refractivity contribution in [3.8, 4) is 0 Å². The number of carbonyl (C=O) groups is 2. The Labute approximate surface area is 169 Å². The standard InChI is InChI=1S/C20H23N3O5S/c24-19(21-10-12-22(13-11-21)20(25)18-4-3-14-28-18)16-5-7-17(8-6-16)23-9-1-2-15-29(23,26)27/h3-8,14H,1-2,9-13,15H2. The Morgan fingerprint density at radius 1 is 0.828 bits per heavy atom. The molecule has 2 aromatic rings. The van der Waals surface area contributed by atoms with Crippen molar-refractivity contribution in [3.63, 3.8) is 0 Å². The summed E-state index contributed by atoms with van der Waals surface area (Å²) in [5, 5.41) is 0. The highest BCUT2D eigenvalue weighted by molar-refractivity contribution is 7.92. The number of carbonyl (C=O) groups excluding carboxylic acids is 2. The van der Waals surface area contributed by atoms with Crippen molar-refractivity contribution in [2.75, 3.05) is 42.8 Å². The summed E-state index contributed by atoms with van der Waals surface area (Å²) < 4.78 is 31.0. The molecule has 2 saturated heterocycles. The van der Waals surface area contributed by atoms with Gasteiger partial charge in [-0.05, 0) is 49.2 Å². The SMILES string of the molecule is O=C(c1ccc(N2CCCCS2(=O)=O)cc1)N1CCN(C(=O)c2ccco2)CC1. The molecule has 0 saturated carbocycles. The van der Waals surface area contributed by atoms with Gasteiger partial charge in [-0.1, -0.05) is 0 Å². The largest absolute Gasteiger partial charge is 0.459 e. The summed E-state index contributed by atoms with van der Waals surface area (Å²) in [6.07, 6.45) is 2.98. The molecule has 4 rings (SSSR count). The van der Waals surface area contributed by atoms with Crippen molar-refractivity contribution in [2.45, 2.75) is 12.8 Å². The van der Waals surface area contributed by atoms with E-state index in [0.29, 0.717) is 56.2 Å². The van der Waals surface area contributed by atoms with Crippen molar-refractivity contribution >= 4 is 27.5 Å². The monoisotopic (exact) mass is 417 g/mol. The lowest BCUT2D eigenvalue weighted by Crippen LogP contribution is -2.50. The molecule has 1 aromatic carbocycles. The lowest BCUT2D eigenvalue weighted by atomic mass is 10.1. The Morgan fingerprint density at radius 2 is 1.48 bits per heavy atom. The van der Waals surface area contributed by atoms with E-state index in [1.165, 1.54) is 10.6 Å². The molecule has 2 fully saturated rings. The summed E-state index contributed by atoms with van der Waals surface area (Å²) in [7, 11) is -3.27. The van der Waals surface area contributed by atoms with Gasteiger partial charge < -0.3 is 14.2 Å². The van der Waals surface area contributed by atoms with Gasteiger partial charge in [0.1, 0.15) is 0 Å². The first-order valence-corrected chi connectivity index (χ1v) is 11.3. The lowest BCUT2D eigenvalue weighted by Gasteiger charge is -2.34. The predicted molar refractivity (Wildman–Crippen MR) is 107 cm³/mol. The number of benzene rings is 1. The maximum atomic E-state index is 12.8. The van der Waals surface area contributed by atoms with Crippen LogP contribution in [-0.2, 0) is 10.0 Å². The molecule has 0 spiro atoms. The number of furan rings is 1. The Morgan fingerprint density at radius 3 is 2.07 bits per heavy atom. The number of nitrogens with zero attached hydrogens (tertiary/aromatic N) is 3. The highest BCUT2D eigenvalue weighted by Gasteiger charge is 2.28. The van der Waals surface area contributed by atoms with E-state index >= 15 is 0 Å². The molecular weight excluding hydrogens is 394 g/mol. The molecule has 2 aliphatic rings. The average molecular weight is 417 g/mol. The van der Waals surface area contributed by atoms with Crippen LogP contribution in [0.1, 0.15) is 33.8 Å². The summed E-state index contributed by atoms with van der Waals surface area (Å²) in [6.45, 7) is 2.23. The van der Waals surface area contributed by atoms with Gasteiger partial charge in [0.2, 0.25) is 10.0 Å². The van der Waals surface area contributed by atoms with Crippen LogP contribution in [0.3, 0.4) is 0 Å². The fraction of sp³-hybridized carbons (Fsp3) is 0.400. The second-order valence-corrected chi connectivity index (χ2v) is 9.22. The quantitative estimate of drug-likeness (QED) is 0.760. The molecule has 0 bridgehead atoms. The van der Waals surface area contributed by atoms with Gasteiger partial charge in [-0.15, -0.1) is 0 Å². The highest BCUT2D eigenvalue weighted by Crippen LogP contribution is 2.24. The number of rotatable bonds is 3. The molecule has 0 aliphatic carbocycles. The molecule has 0 atom stereocenters. The van der Waals surface area contributed by atoms with E-state index in [0.717, 1.165) is 6.42 Å². The molecule has 0 unspecified atom stereocenters. The average Bonchev–Trinajstić information content (AvgIpc) is 3.28. The molecule has 0 radical (unpaired) electrons. The van der Waals surface area contributed by atoms with Crippen LogP contribution in [-0.4, -0.2) is 68.5 Å². The van der Waals surface area contributed by atoms with Gasteiger partial charge in [0.05, 0.1) is 17.7 Å². The Kier molecular flexibility index (Phi) is 5.31. The van der Waals surface area contributed by atoms with Crippen LogP contribution in [0.4, 0.5) is 5.69 Å². The fourth-order valence-electron chi connectivity index (χ4n) is 3.70. The third-order valence-corrected chi connectivity index (χ3v) is 7.21. The summed E-state index contributed by atoms with van der Waals surface area (Å²) in [4.78, 5) is 28.5. The lowest BCUT2D eigenvalue weighted by molar-refractivity contribution is 0.0518. The molecule has 2 amide bonds. The Bertz CT molecular complexity index is 978. The second-order valence-electron chi connectivity index (χ2n) is 7.20. The third-order valence-electron chi connectivity index (χ3n) is 5.34. The van der Waals surface area contributed by atoms with E-state index in [-0.39, 0.29) is 17.6 Å². The summed E-state index contributed by atoms with van der Waals surface area (Å²) >= 11 is 0. The molecular formula is C20H23N3O5S. The van der Waals surface area contributed by atoms with Crippen LogP contribution >= 0.6 is 0 Å². The van der Waals surface area contributed by atoms with Gasteiger partial charge in [0.25, 0.3) is 11.8 Å². The molecule has 154 valence electrons. The number of piperazine rings is 1. The maximum absolute atomic E-state index is 12.8. The number of anilines is 1. The van der Waals surface area contributed by atoms with Gasteiger partial charge in [0, 0.05) is 38.3 Å². The maximum Gasteiger partial charge on any atom is 0.289 e. The smallest absolute Gasteiger partial charge is 0.289 e. The second kappa shape index (κ2) is 7.90. The van der Waals surface area contributed by atoms with Crippen molar-refractivity contribution in [3.05, 3.63) is 54.0 Å². The molecule has 29 heavy (non-hydrogen) atoms. The molecule has 2 aliphatic heterocycles. The number of hydrogen-bond donors (Lipinski definition) is 0. The van der Waals surface area contributed by atoms with E-state index < -0.39 is 10.0 Å². The van der Waals surface area contributed by atoms with Crippen molar-refractivity contribution in [1.82, 2.24) is 9.80 Å². The zero-order chi connectivity index (χ0) is 20.4. The normalized spacial score (nSPS) is 19.2. The van der Waals surface area contributed by atoms with E-state index in [9.17, 15) is 18.0 Å². The van der Waals surface area contributed by atoms with Crippen molar-refractivity contribution in [2.24, 2.45) is 0 Å². The van der Waals surface area contributed by atoms with Gasteiger partial charge in [-0.25, -0.2) is 8.42 Å². The van der Waals surface area contributed by atoms with Crippen LogP contribution in [0.2, 0.25) is 0 Å². The zero-order valence-corrected chi connectivity index (χ0v) is 16.8. The van der Waals surface area contributed by atoms with E-state index in [4.69, 9.17) is 4.42 Å². The molecule has 9 heteroatoms. The van der Waals surface area contributed by atoms with Gasteiger partial charge in [0.15, 0.2) is 5.76 Å². The molecule has 8 nitrogen and oxygen atoms in total. The Hall–Kier alpha value is -2.81. The van der Waals surface area contributed by atoms with Gasteiger partial charge in [-0.2, -0.15) is 0 Å². The topological polar surface area (TPSA) is 91.1 Å². The van der Waals surface area contributed by atoms with Crippen LogP contribution in [0.15, 0.2) is 47.1 Å². The van der Waals surface area contributed by atoms with Gasteiger partial charge >= 0.3 is 0 Å².